The molecule has 1 aliphatic rings. The van der Waals surface area contributed by atoms with Gasteiger partial charge in [0.25, 0.3) is 5.91 Å². The normalized spacial score (nSPS) is 14.1. The first-order valence-corrected chi connectivity index (χ1v) is 6.70. The molecule has 7 heteroatoms. The Bertz CT molecular complexity index is 623. The lowest BCUT2D eigenvalue weighted by atomic mass is 10.0. The Morgan fingerprint density at radius 3 is 2.95 bits per heavy atom. The van der Waals surface area contributed by atoms with Gasteiger partial charge in [0, 0.05) is 25.6 Å². The number of nitrogens with one attached hydrogen (secondary N) is 2. The van der Waals surface area contributed by atoms with E-state index in [-0.39, 0.29) is 18.3 Å². The minimum absolute atomic E-state index is 0. The molecule has 0 saturated carbocycles. The Hall–Kier alpha value is -1.92. The lowest BCUT2D eigenvalue weighted by molar-refractivity contribution is 0.0937. The summed E-state index contributed by atoms with van der Waals surface area (Å²) >= 11 is 0. The highest BCUT2D eigenvalue weighted by atomic mass is 35.5. The first-order valence-electron chi connectivity index (χ1n) is 6.70. The Morgan fingerprint density at radius 2 is 2.29 bits per heavy atom. The molecular weight excluding hydrogens is 290 g/mol. The summed E-state index contributed by atoms with van der Waals surface area (Å²) in [6.45, 7) is 4.64. The molecule has 0 atom stereocenters. The van der Waals surface area contributed by atoms with E-state index < -0.39 is 0 Å². The van der Waals surface area contributed by atoms with Crippen LogP contribution in [0, 0.1) is 12.8 Å². The van der Waals surface area contributed by atoms with Crippen LogP contribution >= 0.6 is 12.4 Å². The SMILES string of the molecule is Cc1cccc(-n2cc(C(=O)NCC3CNC3)nn2)c1.Cl. The maximum Gasteiger partial charge on any atom is 0.273 e. The Labute approximate surface area is 129 Å². The highest BCUT2D eigenvalue weighted by Gasteiger charge is 2.18. The molecule has 1 fully saturated rings. The number of carbonyl (C=O) groups excluding carboxylic acids is 1. The Kier molecular flexibility index (Phi) is 4.93. The number of amides is 1. The number of rotatable bonds is 4. The molecule has 1 aliphatic heterocycles. The van der Waals surface area contributed by atoms with E-state index in [0.29, 0.717) is 18.2 Å². The van der Waals surface area contributed by atoms with Gasteiger partial charge in [-0.1, -0.05) is 17.3 Å². The van der Waals surface area contributed by atoms with Crippen LogP contribution in [0.1, 0.15) is 16.1 Å². The second-order valence-corrected chi connectivity index (χ2v) is 5.12. The van der Waals surface area contributed by atoms with Gasteiger partial charge in [0.05, 0.1) is 11.9 Å². The van der Waals surface area contributed by atoms with E-state index in [9.17, 15) is 4.79 Å². The zero-order valence-corrected chi connectivity index (χ0v) is 12.6. The van der Waals surface area contributed by atoms with Gasteiger partial charge in [-0.2, -0.15) is 0 Å². The van der Waals surface area contributed by atoms with Gasteiger partial charge in [-0.3, -0.25) is 4.79 Å². The van der Waals surface area contributed by atoms with Crippen molar-refractivity contribution in [2.24, 2.45) is 5.92 Å². The topological polar surface area (TPSA) is 71.8 Å². The van der Waals surface area contributed by atoms with Crippen LogP contribution in [0.25, 0.3) is 5.69 Å². The average molecular weight is 308 g/mol. The average Bonchev–Trinajstić information content (AvgIpc) is 2.86. The van der Waals surface area contributed by atoms with Gasteiger partial charge in [0.15, 0.2) is 5.69 Å². The van der Waals surface area contributed by atoms with Crippen molar-refractivity contribution in [3.8, 4) is 5.69 Å². The summed E-state index contributed by atoms with van der Waals surface area (Å²) in [6.07, 6.45) is 1.66. The number of nitrogens with zero attached hydrogens (tertiary/aromatic N) is 3. The lowest BCUT2D eigenvalue weighted by Crippen LogP contribution is -2.48. The third-order valence-corrected chi connectivity index (χ3v) is 3.41. The molecule has 6 nitrogen and oxygen atoms in total. The molecule has 1 aromatic heterocycles. The summed E-state index contributed by atoms with van der Waals surface area (Å²) < 4.78 is 1.62. The van der Waals surface area contributed by atoms with Gasteiger partial charge in [-0.05, 0) is 24.6 Å². The van der Waals surface area contributed by atoms with Crippen molar-refractivity contribution in [2.45, 2.75) is 6.92 Å². The number of hydrogen-bond acceptors (Lipinski definition) is 4. The fraction of sp³-hybridized carbons (Fsp3) is 0.357. The van der Waals surface area contributed by atoms with Crippen LogP contribution in [0.3, 0.4) is 0 Å². The molecule has 2 aromatic rings. The molecule has 1 saturated heterocycles. The Balaban J connectivity index is 0.00000161. The van der Waals surface area contributed by atoms with Crippen molar-refractivity contribution >= 4 is 18.3 Å². The third kappa shape index (κ3) is 3.59. The number of benzene rings is 1. The largest absolute Gasteiger partial charge is 0.350 e. The van der Waals surface area contributed by atoms with E-state index in [1.54, 1.807) is 10.9 Å². The summed E-state index contributed by atoms with van der Waals surface area (Å²) in [4.78, 5) is 12.0. The molecule has 2 N–H and O–H groups in total. The molecule has 21 heavy (non-hydrogen) atoms. The van der Waals surface area contributed by atoms with E-state index in [1.165, 1.54) is 0 Å². The molecule has 0 bridgehead atoms. The van der Waals surface area contributed by atoms with Crippen LogP contribution in [-0.2, 0) is 0 Å². The molecule has 3 rings (SSSR count). The highest BCUT2D eigenvalue weighted by molar-refractivity contribution is 5.91. The van der Waals surface area contributed by atoms with Crippen molar-refractivity contribution in [3.63, 3.8) is 0 Å². The molecule has 0 unspecified atom stereocenters. The second-order valence-electron chi connectivity index (χ2n) is 5.12. The van der Waals surface area contributed by atoms with E-state index in [0.717, 1.165) is 24.3 Å². The van der Waals surface area contributed by atoms with E-state index in [4.69, 9.17) is 0 Å². The Morgan fingerprint density at radius 1 is 1.48 bits per heavy atom. The molecule has 1 amide bonds. The predicted molar refractivity (Wildman–Crippen MR) is 82.0 cm³/mol. The molecule has 112 valence electrons. The fourth-order valence-corrected chi connectivity index (χ4v) is 2.08. The molecule has 2 heterocycles. The number of carbonyl (C=O) groups is 1. The van der Waals surface area contributed by atoms with Gasteiger partial charge >= 0.3 is 0 Å². The van der Waals surface area contributed by atoms with E-state index >= 15 is 0 Å². The minimum atomic E-state index is -0.171. The molecule has 0 spiro atoms. The summed E-state index contributed by atoms with van der Waals surface area (Å²) in [6, 6.07) is 7.90. The monoisotopic (exact) mass is 307 g/mol. The first kappa shape index (κ1) is 15.5. The number of hydrogen-bond donors (Lipinski definition) is 2. The van der Waals surface area contributed by atoms with Crippen LogP contribution < -0.4 is 10.6 Å². The van der Waals surface area contributed by atoms with Gasteiger partial charge in [0.1, 0.15) is 0 Å². The van der Waals surface area contributed by atoms with E-state index in [2.05, 4.69) is 20.9 Å². The maximum absolute atomic E-state index is 12.0. The van der Waals surface area contributed by atoms with Crippen molar-refractivity contribution in [2.75, 3.05) is 19.6 Å². The smallest absolute Gasteiger partial charge is 0.273 e. The summed E-state index contributed by atoms with van der Waals surface area (Å²) in [7, 11) is 0. The van der Waals surface area contributed by atoms with Crippen molar-refractivity contribution in [3.05, 3.63) is 41.7 Å². The van der Waals surface area contributed by atoms with Crippen LogP contribution in [0.2, 0.25) is 0 Å². The van der Waals surface area contributed by atoms with Gasteiger partial charge < -0.3 is 10.6 Å². The van der Waals surface area contributed by atoms with Crippen LogP contribution in [0.5, 0.6) is 0 Å². The molecule has 0 radical (unpaired) electrons. The summed E-state index contributed by atoms with van der Waals surface area (Å²) in [5, 5.41) is 14.0. The number of halogens is 1. The summed E-state index contributed by atoms with van der Waals surface area (Å²) in [5.74, 6) is 0.363. The third-order valence-electron chi connectivity index (χ3n) is 3.41. The van der Waals surface area contributed by atoms with Crippen LogP contribution in [-0.4, -0.2) is 40.5 Å². The fourth-order valence-electron chi connectivity index (χ4n) is 2.08. The first-order chi connectivity index (χ1) is 9.72. The quantitative estimate of drug-likeness (QED) is 0.882. The standard InChI is InChI=1S/C14H17N5O.ClH/c1-10-3-2-4-12(5-10)19-9-13(17-18-19)14(20)16-8-11-6-15-7-11;/h2-5,9,11,15H,6-8H2,1H3,(H,16,20);1H. The second kappa shape index (κ2) is 6.69. The number of aryl methyl sites for hydroxylation is 1. The minimum Gasteiger partial charge on any atom is -0.350 e. The highest BCUT2D eigenvalue weighted by Crippen LogP contribution is 2.09. The summed E-state index contributed by atoms with van der Waals surface area (Å²) in [5.41, 5.74) is 2.39. The zero-order chi connectivity index (χ0) is 13.9. The maximum atomic E-state index is 12.0. The van der Waals surface area contributed by atoms with Crippen molar-refractivity contribution in [1.29, 1.82) is 0 Å². The molecular formula is C14H18ClN5O. The van der Waals surface area contributed by atoms with Crippen LogP contribution in [0.4, 0.5) is 0 Å². The molecule has 0 aliphatic carbocycles. The number of aromatic nitrogens is 3. The zero-order valence-electron chi connectivity index (χ0n) is 11.7. The van der Waals surface area contributed by atoms with Gasteiger partial charge in [0.2, 0.25) is 0 Å². The molecule has 1 aromatic carbocycles. The van der Waals surface area contributed by atoms with Crippen molar-refractivity contribution < 1.29 is 4.79 Å². The van der Waals surface area contributed by atoms with E-state index in [1.807, 2.05) is 31.2 Å². The van der Waals surface area contributed by atoms with Gasteiger partial charge in [-0.25, -0.2) is 4.68 Å². The lowest BCUT2D eigenvalue weighted by Gasteiger charge is -2.26. The van der Waals surface area contributed by atoms with Crippen molar-refractivity contribution in [1.82, 2.24) is 25.6 Å². The van der Waals surface area contributed by atoms with Gasteiger partial charge in [-0.15, -0.1) is 17.5 Å². The predicted octanol–water partition coefficient (Wildman–Crippen LogP) is 0.947. The van der Waals surface area contributed by atoms with Crippen LogP contribution in [0.15, 0.2) is 30.5 Å².